The van der Waals surface area contributed by atoms with Gasteiger partial charge in [-0.1, -0.05) is 11.3 Å². The maximum Gasteiger partial charge on any atom is 0.315 e. The monoisotopic (exact) mass is 424 g/mol. The minimum absolute atomic E-state index is 0.195. The molecule has 150 valence electrons. The van der Waals surface area contributed by atoms with Crippen molar-refractivity contribution < 1.29 is 23.8 Å². The van der Waals surface area contributed by atoms with Crippen molar-refractivity contribution >= 4 is 29.4 Å². The molecule has 3 aromatic rings. The van der Waals surface area contributed by atoms with Gasteiger partial charge in [-0.2, -0.15) is 0 Å². The molecule has 2 aliphatic heterocycles. The number of thiazole rings is 1. The summed E-state index contributed by atoms with van der Waals surface area (Å²) in [6.07, 6.45) is 3.03. The average Bonchev–Trinajstić information content (AvgIpc) is 3.01. The molecular formula is C21H13FN2O5S. The first-order valence-electron chi connectivity index (χ1n) is 8.96. The molecule has 0 aliphatic carbocycles. The number of aromatic nitrogens is 1. The van der Waals surface area contributed by atoms with Crippen molar-refractivity contribution in [3.63, 3.8) is 0 Å². The van der Waals surface area contributed by atoms with Gasteiger partial charge in [0.05, 0.1) is 15.9 Å². The molecule has 0 bridgehead atoms. The van der Waals surface area contributed by atoms with Gasteiger partial charge in [0.15, 0.2) is 11.5 Å². The Hall–Kier alpha value is -3.72. The molecule has 0 saturated heterocycles. The molecule has 0 fully saturated rings. The summed E-state index contributed by atoms with van der Waals surface area (Å²) in [5.74, 6) is -0.200. The zero-order chi connectivity index (χ0) is 20.8. The Balaban J connectivity index is 1.60. The molecule has 2 aliphatic rings. The molecule has 9 heteroatoms. The molecule has 0 spiro atoms. The van der Waals surface area contributed by atoms with Crippen LogP contribution in [0.25, 0.3) is 17.8 Å². The number of benzene rings is 2. The van der Waals surface area contributed by atoms with E-state index in [9.17, 15) is 19.1 Å². The first-order valence-corrected chi connectivity index (χ1v) is 9.78. The first-order chi connectivity index (χ1) is 14.5. The van der Waals surface area contributed by atoms with E-state index >= 15 is 0 Å². The summed E-state index contributed by atoms with van der Waals surface area (Å²) < 4.78 is 25.3. The molecule has 30 heavy (non-hydrogen) atoms. The van der Waals surface area contributed by atoms with E-state index in [2.05, 4.69) is 4.99 Å². The van der Waals surface area contributed by atoms with Crippen molar-refractivity contribution in [2.75, 3.05) is 13.2 Å². The van der Waals surface area contributed by atoms with Gasteiger partial charge in [-0.3, -0.25) is 9.59 Å². The van der Waals surface area contributed by atoms with Crippen LogP contribution in [0.3, 0.4) is 0 Å². The van der Waals surface area contributed by atoms with Crippen LogP contribution in [0.1, 0.15) is 4.88 Å². The predicted octanol–water partition coefficient (Wildman–Crippen LogP) is 1.54. The van der Waals surface area contributed by atoms with E-state index in [1.807, 2.05) is 0 Å². The fourth-order valence-corrected chi connectivity index (χ4v) is 4.09. The lowest BCUT2D eigenvalue weighted by molar-refractivity contribution is -0.114. The normalized spacial score (nSPS) is 16.0. The highest BCUT2D eigenvalue weighted by molar-refractivity contribution is 7.10. The van der Waals surface area contributed by atoms with Crippen LogP contribution in [-0.4, -0.2) is 28.8 Å². The van der Waals surface area contributed by atoms with Crippen molar-refractivity contribution in [1.29, 1.82) is 0 Å². The van der Waals surface area contributed by atoms with Gasteiger partial charge in [0.25, 0.3) is 5.91 Å². The summed E-state index contributed by atoms with van der Waals surface area (Å²) in [6, 6.07) is 8.54. The summed E-state index contributed by atoms with van der Waals surface area (Å²) in [7, 11) is 0. The Bertz CT molecular complexity index is 1400. The number of amides is 1. The van der Waals surface area contributed by atoms with E-state index < -0.39 is 16.6 Å². The molecule has 2 aromatic carbocycles. The van der Waals surface area contributed by atoms with E-state index in [4.69, 9.17) is 9.47 Å². The average molecular weight is 424 g/mol. The Morgan fingerprint density at radius 2 is 1.80 bits per heavy atom. The molecule has 0 atom stereocenters. The summed E-state index contributed by atoms with van der Waals surface area (Å²) in [5.41, 5.74) is 0.527. The fraction of sp³-hybridized carbons (Fsp3) is 0.0952. The second-order valence-corrected chi connectivity index (χ2v) is 7.58. The highest BCUT2D eigenvalue weighted by Gasteiger charge is 2.19. The zero-order valence-electron chi connectivity index (χ0n) is 15.3. The maximum absolute atomic E-state index is 13.2. The van der Waals surface area contributed by atoms with Gasteiger partial charge in [0, 0.05) is 16.9 Å². The molecule has 7 nitrogen and oxygen atoms in total. The third-order valence-corrected chi connectivity index (χ3v) is 5.53. The van der Waals surface area contributed by atoms with Crippen LogP contribution in [0, 0.1) is 5.82 Å². The SMILES string of the molecule is O=C1N=c2cc3c(cc2=CC1=Cc1sc(=O)n(-c2ccc(F)cc2)c1O)OCCO3. The number of fused-ring (bicyclic) bond motifs is 2. The summed E-state index contributed by atoms with van der Waals surface area (Å²) >= 11 is 0.769. The van der Waals surface area contributed by atoms with Gasteiger partial charge in [-0.05, 0) is 42.5 Å². The minimum Gasteiger partial charge on any atom is -0.493 e. The summed E-state index contributed by atoms with van der Waals surface area (Å²) in [4.78, 5) is 28.7. The third kappa shape index (κ3) is 3.09. The lowest BCUT2D eigenvalue weighted by Crippen LogP contribution is -2.32. The van der Waals surface area contributed by atoms with Gasteiger partial charge in [-0.15, -0.1) is 0 Å². The van der Waals surface area contributed by atoms with Gasteiger partial charge in [0.2, 0.25) is 5.88 Å². The van der Waals surface area contributed by atoms with Crippen LogP contribution >= 0.6 is 11.3 Å². The largest absolute Gasteiger partial charge is 0.493 e. The maximum atomic E-state index is 13.2. The number of aromatic hydroxyl groups is 1. The van der Waals surface area contributed by atoms with Crippen LogP contribution in [0.2, 0.25) is 0 Å². The third-order valence-electron chi connectivity index (χ3n) is 4.65. The number of ether oxygens (including phenoxy) is 2. The summed E-state index contributed by atoms with van der Waals surface area (Å²) in [6.45, 7) is 0.862. The van der Waals surface area contributed by atoms with Crippen LogP contribution in [-0.2, 0) is 4.79 Å². The molecule has 0 unspecified atom stereocenters. The Labute approximate surface area is 172 Å². The first kappa shape index (κ1) is 18.3. The molecule has 0 radical (unpaired) electrons. The lowest BCUT2D eigenvalue weighted by Gasteiger charge is -2.18. The second-order valence-electron chi connectivity index (χ2n) is 6.58. The molecule has 0 saturated carbocycles. The van der Waals surface area contributed by atoms with E-state index in [1.54, 1.807) is 18.2 Å². The number of carbonyl (C=O) groups is 1. The number of carbonyl (C=O) groups excluding carboxylic acids is 1. The predicted molar refractivity (Wildman–Crippen MR) is 107 cm³/mol. The van der Waals surface area contributed by atoms with Gasteiger partial charge in [0.1, 0.15) is 19.0 Å². The number of hydrogen-bond acceptors (Lipinski definition) is 6. The Morgan fingerprint density at radius 1 is 1.10 bits per heavy atom. The Kier molecular flexibility index (Phi) is 4.25. The number of halogens is 1. The summed E-state index contributed by atoms with van der Waals surface area (Å²) in [5, 5.41) is 11.7. The van der Waals surface area contributed by atoms with Crippen LogP contribution in [0.5, 0.6) is 17.4 Å². The van der Waals surface area contributed by atoms with Gasteiger partial charge >= 0.3 is 4.87 Å². The molecular weight excluding hydrogens is 411 g/mol. The van der Waals surface area contributed by atoms with Crippen molar-refractivity contribution in [2.45, 2.75) is 0 Å². The van der Waals surface area contributed by atoms with E-state index in [0.717, 1.165) is 15.9 Å². The highest BCUT2D eigenvalue weighted by atomic mass is 32.1. The van der Waals surface area contributed by atoms with Gasteiger partial charge in [-0.25, -0.2) is 13.9 Å². The van der Waals surface area contributed by atoms with Crippen LogP contribution in [0.4, 0.5) is 4.39 Å². The van der Waals surface area contributed by atoms with Crippen molar-refractivity contribution in [3.8, 4) is 23.1 Å². The molecule has 5 rings (SSSR count). The zero-order valence-corrected chi connectivity index (χ0v) is 16.1. The quantitative estimate of drug-likeness (QED) is 0.631. The van der Waals surface area contributed by atoms with Crippen LogP contribution in [0.15, 0.2) is 51.8 Å². The molecule has 1 amide bonds. The fourth-order valence-electron chi connectivity index (χ4n) is 3.25. The van der Waals surface area contributed by atoms with E-state index in [0.29, 0.717) is 41.0 Å². The molecule has 1 N–H and O–H groups in total. The van der Waals surface area contributed by atoms with Crippen LogP contribution < -0.4 is 24.9 Å². The molecule has 1 aromatic heterocycles. The highest BCUT2D eigenvalue weighted by Crippen LogP contribution is 2.28. The van der Waals surface area contributed by atoms with Crippen molar-refractivity contribution in [2.24, 2.45) is 4.99 Å². The van der Waals surface area contributed by atoms with E-state index in [-0.39, 0.29) is 16.3 Å². The molecule has 3 heterocycles. The Morgan fingerprint density at radius 3 is 2.53 bits per heavy atom. The van der Waals surface area contributed by atoms with Crippen molar-refractivity contribution in [1.82, 2.24) is 4.57 Å². The second kappa shape index (κ2) is 6.96. The smallest absolute Gasteiger partial charge is 0.315 e. The van der Waals surface area contributed by atoms with E-state index in [1.165, 1.54) is 30.3 Å². The number of hydrogen-bond donors (Lipinski definition) is 1. The number of rotatable bonds is 2. The lowest BCUT2D eigenvalue weighted by atomic mass is 10.1. The number of nitrogens with zero attached hydrogens (tertiary/aromatic N) is 2. The van der Waals surface area contributed by atoms with Crippen molar-refractivity contribution in [3.05, 3.63) is 72.9 Å². The van der Waals surface area contributed by atoms with Gasteiger partial charge < -0.3 is 14.6 Å². The standard InChI is InChI=1S/C21H13FN2O5S/c22-13-1-3-14(4-2-13)24-20(26)18(30-21(24)27)9-12-7-11-8-16-17(29-6-5-28-16)10-15(11)23-19(12)25/h1-4,7-10,26H,5-6H2. The topological polar surface area (TPSA) is 90.1 Å². The minimum atomic E-state index is -0.507.